The molecule has 0 N–H and O–H groups in total. The van der Waals surface area contributed by atoms with E-state index in [0.717, 1.165) is 37.2 Å². The highest BCUT2D eigenvalue weighted by molar-refractivity contribution is 7.89. The van der Waals surface area contributed by atoms with Gasteiger partial charge in [-0.3, -0.25) is 4.79 Å². The van der Waals surface area contributed by atoms with E-state index < -0.39 is 10.0 Å². The first-order valence-electron chi connectivity index (χ1n) is 13.7. The summed E-state index contributed by atoms with van der Waals surface area (Å²) >= 11 is 0. The van der Waals surface area contributed by atoms with Gasteiger partial charge < -0.3 is 4.90 Å². The van der Waals surface area contributed by atoms with Crippen molar-refractivity contribution in [2.24, 2.45) is 5.92 Å². The minimum atomic E-state index is -3.62. The van der Waals surface area contributed by atoms with Crippen LogP contribution in [0, 0.1) is 23.1 Å². The number of rotatable bonds is 6. The average Bonchev–Trinajstić information content (AvgIpc) is 3.35. The Bertz CT molecular complexity index is 1630. The molecule has 3 aromatic rings. The van der Waals surface area contributed by atoms with Gasteiger partial charge in [-0.15, -0.1) is 0 Å². The summed E-state index contributed by atoms with van der Waals surface area (Å²) in [6.45, 7) is 2.39. The summed E-state index contributed by atoms with van der Waals surface area (Å²) in [6.07, 6.45) is 3.54. The summed E-state index contributed by atoms with van der Waals surface area (Å²) in [4.78, 5) is 15.8. The number of anilines is 1. The number of piperidine rings is 1. The standard InChI is InChI=1S/C32H30FN3O3S/c33-27-5-7-28(8-6-27)35-14-13-25-18-24-3-4-26(19-30(24)31(25)21-35)32(37)17-22-11-15-36(16-12-22)40(38,39)29-9-1-23(20-34)2-10-29/h1-10,19,22H,11-18,21H2. The van der Waals surface area contributed by atoms with E-state index in [9.17, 15) is 17.6 Å². The fourth-order valence-electron chi connectivity index (χ4n) is 6.14. The molecule has 0 amide bonds. The van der Waals surface area contributed by atoms with E-state index in [1.165, 1.54) is 57.4 Å². The molecule has 6 rings (SSSR count). The normalized spacial score (nSPS) is 17.9. The molecule has 0 aromatic heterocycles. The third-order valence-electron chi connectivity index (χ3n) is 8.48. The molecular formula is C32H30FN3O3S. The first-order valence-corrected chi connectivity index (χ1v) is 15.1. The van der Waals surface area contributed by atoms with Crippen LogP contribution in [0.4, 0.5) is 10.1 Å². The molecule has 0 atom stereocenters. The summed E-state index contributed by atoms with van der Waals surface area (Å²) in [7, 11) is -3.62. The molecule has 3 aromatic carbocycles. The molecule has 0 bridgehead atoms. The number of benzene rings is 3. The Balaban J connectivity index is 1.10. The quantitative estimate of drug-likeness (QED) is 0.371. The summed E-state index contributed by atoms with van der Waals surface area (Å²) in [6, 6.07) is 20.7. The number of hydrogen-bond donors (Lipinski definition) is 0. The predicted molar refractivity (Wildman–Crippen MR) is 152 cm³/mol. The van der Waals surface area contributed by atoms with Crippen molar-refractivity contribution in [1.82, 2.24) is 4.31 Å². The number of fused-ring (bicyclic) bond motifs is 2. The minimum Gasteiger partial charge on any atom is -0.367 e. The second kappa shape index (κ2) is 10.6. The second-order valence-corrected chi connectivity index (χ2v) is 12.8. The Labute approximate surface area is 234 Å². The van der Waals surface area contributed by atoms with Gasteiger partial charge in [0.2, 0.25) is 10.0 Å². The zero-order valence-electron chi connectivity index (χ0n) is 22.1. The summed E-state index contributed by atoms with van der Waals surface area (Å²) in [5, 5.41) is 8.97. The van der Waals surface area contributed by atoms with Crippen molar-refractivity contribution in [1.29, 1.82) is 5.26 Å². The summed E-state index contributed by atoms with van der Waals surface area (Å²) in [5.41, 5.74) is 7.24. The van der Waals surface area contributed by atoms with Crippen LogP contribution >= 0.6 is 0 Å². The SMILES string of the molecule is N#Cc1ccc(S(=O)(=O)N2CCC(CC(=O)c3ccc4c(c3)C3=C(CCN(c5ccc(F)cc5)C3)C4)CC2)cc1. The highest BCUT2D eigenvalue weighted by Gasteiger charge is 2.31. The zero-order valence-corrected chi connectivity index (χ0v) is 23.0. The largest absolute Gasteiger partial charge is 0.367 e. The fourth-order valence-corrected chi connectivity index (χ4v) is 7.61. The lowest BCUT2D eigenvalue weighted by Crippen LogP contribution is -2.38. The van der Waals surface area contributed by atoms with Crippen LogP contribution in [-0.4, -0.2) is 44.7 Å². The molecule has 1 fully saturated rings. The third-order valence-corrected chi connectivity index (χ3v) is 10.4. The van der Waals surface area contributed by atoms with Gasteiger partial charge in [0.05, 0.1) is 16.5 Å². The van der Waals surface area contributed by atoms with E-state index >= 15 is 0 Å². The number of sulfonamides is 1. The van der Waals surface area contributed by atoms with Crippen molar-refractivity contribution >= 4 is 27.1 Å². The molecule has 1 saturated heterocycles. The first-order chi connectivity index (χ1) is 19.3. The number of carbonyl (C=O) groups is 1. The minimum absolute atomic E-state index is 0.0939. The van der Waals surface area contributed by atoms with Crippen LogP contribution < -0.4 is 4.90 Å². The molecule has 2 heterocycles. The average molecular weight is 556 g/mol. The van der Waals surface area contributed by atoms with Gasteiger partial charge in [0.15, 0.2) is 5.78 Å². The first kappa shape index (κ1) is 26.4. The van der Waals surface area contributed by atoms with Gasteiger partial charge in [-0.05, 0) is 103 Å². The van der Waals surface area contributed by atoms with E-state index in [1.54, 1.807) is 0 Å². The lowest BCUT2D eigenvalue weighted by molar-refractivity contribution is 0.0945. The molecule has 40 heavy (non-hydrogen) atoms. The van der Waals surface area contributed by atoms with Gasteiger partial charge in [-0.1, -0.05) is 17.7 Å². The van der Waals surface area contributed by atoms with E-state index in [4.69, 9.17) is 5.26 Å². The molecule has 6 nitrogen and oxygen atoms in total. The molecular weight excluding hydrogens is 525 g/mol. The summed E-state index contributed by atoms with van der Waals surface area (Å²) < 4.78 is 41.0. The molecule has 0 radical (unpaired) electrons. The maximum atomic E-state index is 13.4. The molecule has 0 spiro atoms. The second-order valence-electron chi connectivity index (χ2n) is 10.9. The van der Waals surface area contributed by atoms with Crippen LogP contribution in [0.5, 0.6) is 0 Å². The van der Waals surface area contributed by atoms with Crippen LogP contribution in [0.1, 0.15) is 52.7 Å². The number of ketones is 1. The van der Waals surface area contributed by atoms with Gasteiger partial charge in [0.1, 0.15) is 5.82 Å². The molecule has 8 heteroatoms. The number of nitriles is 1. The highest BCUT2D eigenvalue weighted by Crippen LogP contribution is 2.39. The van der Waals surface area contributed by atoms with Crippen molar-refractivity contribution < 1.29 is 17.6 Å². The van der Waals surface area contributed by atoms with Gasteiger partial charge in [-0.2, -0.15) is 9.57 Å². The number of halogens is 1. The van der Waals surface area contributed by atoms with Crippen molar-refractivity contribution in [2.75, 3.05) is 31.1 Å². The topological polar surface area (TPSA) is 81.5 Å². The van der Waals surface area contributed by atoms with Crippen LogP contribution in [0.2, 0.25) is 0 Å². The number of nitrogens with zero attached hydrogens (tertiary/aromatic N) is 3. The van der Waals surface area contributed by atoms with Crippen LogP contribution in [0.15, 0.2) is 77.2 Å². The highest BCUT2D eigenvalue weighted by atomic mass is 32.2. The summed E-state index contributed by atoms with van der Waals surface area (Å²) in [5.74, 6) is -0.0170. The van der Waals surface area contributed by atoms with E-state index in [-0.39, 0.29) is 22.4 Å². The van der Waals surface area contributed by atoms with Crippen molar-refractivity contribution in [2.45, 2.75) is 37.0 Å². The Morgan fingerprint density at radius 2 is 1.70 bits per heavy atom. The van der Waals surface area contributed by atoms with E-state index in [0.29, 0.717) is 43.5 Å². The van der Waals surface area contributed by atoms with E-state index in [2.05, 4.69) is 11.0 Å². The Morgan fingerprint density at radius 1 is 0.975 bits per heavy atom. The van der Waals surface area contributed by atoms with E-state index in [1.807, 2.05) is 30.3 Å². The Hall–Kier alpha value is -3.80. The van der Waals surface area contributed by atoms with Crippen LogP contribution in [0.3, 0.4) is 0 Å². The van der Waals surface area contributed by atoms with Crippen molar-refractivity contribution in [3.05, 3.63) is 100 Å². The van der Waals surface area contributed by atoms with Gasteiger partial charge in [0, 0.05) is 43.9 Å². The fraction of sp³-hybridized carbons (Fsp3) is 0.312. The monoisotopic (exact) mass is 555 g/mol. The van der Waals surface area contributed by atoms with Crippen molar-refractivity contribution in [3.8, 4) is 6.07 Å². The smallest absolute Gasteiger partial charge is 0.243 e. The lowest BCUT2D eigenvalue weighted by Gasteiger charge is -2.31. The third kappa shape index (κ3) is 5.07. The molecule has 2 aliphatic heterocycles. The molecule has 3 aliphatic rings. The molecule has 0 unspecified atom stereocenters. The Morgan fingerprint density at radius 3 is 2.40 bits per heavy atom. The van der Waals surface area contributed by atoms with Gasteiger partial charge in [0.25, 0.3) is 0 Å². The van der Waals surface area contributed by atoms with Crippen molar-refractivity contribution in [3.63, 3.8) is 0 Å². The molecule has 0 saturated carbocycles. The van der Waals surface area contributed by atoms with Gasteiger partial charge >= 0.3 is 0 Å². The number of Topliss-reactive ketones (excluding diaryl/α,β-unsaturated/α-hetero) is 1. The molecule has 204 valence electrons. The van der Waals surface area contributed by atoms with Gasteiger partial charge in [-0.25, -0.2) is 12.8 Å². The van der Waals surface area contributed by atoms with Crippen LogP contribution in [0.25, 0.3) is 5.57 Å². The number of hydrogen-bond acceptors (Lipinski definition) is 5. The maximum absolute atomic E-state index is 13.4. The zero-order chi connectivity index (χ0) is 27.9. The number of carbonyl (C=O) groups excluding carboxylic acids is 1. The predicted octanol–water partition coefficient (Wildman–Crippen LogP) is 5.59. The van der Waals surface area contributed by atoms with Crippen LogP contribution in [-0.2, 0) is 16.4 Å². The lowest BCUT2D eigenvalue weighted by atomic mass is 9.89. The maximum Gasteiger partial charge on any atom is 0.243 e. The molecule has 1 aliphatic carbocycles. The Kier molecular flexibility index (Phi) is 7.03.